The van der Waals surface area contributed by atoms with E-state index in [1.165, 1.54) is 19.4 Å². The van der Waals surface area contributed by atoms with Gasteiger partial charge < -0.3 is 31.8 Å². The second kappa shape index (κ2) is 12.0. The largest absolute Gasteiger partial charge is 0.480 e. The van der Waals surface area contributed by atoms with Gasteiger partial charge in [0.25, 0.3) is 0 Å². The number of carbonyl (C=O) groups is 4. The fraction of sp³-hybridized carbons (Fsp3) is 0.650. The van der Waals surface area contributed by atoms with E-state index in [0.717, 1.165) is 0 Å². The van der Waals surface area contributed by atoms with Crippen LogP contribution in [-0.2, 0) is 25.6 Å². The monoisotopic (exact) mass is 438 g/mol. The molecular weight excluding hydrogens is 404 g/mol. The highest BCUT2D eigenvalue weighted by atomic mass is 16.4. The molecule has 0 radical (unpaired) electrons. The van der Waals surface area contributed by atoms with Crippen molar-refractivity contribution in [2.45, 2.75) is 71.6 Å². The van der Waals surface area contributed by atoms with Gasteiger partial charge in [-0.3, -0.25) is 19.2 Å². The first-order valence-electron chi connectivity index (χ1n) is 10.3. The van der Waals surface area contributed by atoms with Crippen LogP contribution < -0.4 is 21.7 Å². The molecule has 0 bridgehead atoms. The van der Waals surface area contributed by atoms with Crippen LogP contribution in [0.25, 0.3) is 0 Å². The van der Waals surface area contributed by atoms with Gasteiger partial charge in [0, 0.05) is 18.3 Å². The Bertz CT molecular complexity index is 749. The van der Waals surface area contributed by atoms with E-state index in [4.69, 9.17) is 10.8 Å². The summed E-state index contributed by atoms with van der Waals surface area (Å²) in [7, 11) is 0. The van der Waals surface area contributed by atoms with Crippen LogP contribution in [0.4, 0.5) is 0 Å². The van der Waals surface area contributed by atoms with Crippen molar-refractivity contribution in [3.8, 4) is 0 Å². The zero-order valence-electron chi connectivity index (χ0n) is 18.6. The number of carboxylic acid groups (broad SMARTS) is 1. The number of H-pyrrole nitrogens is 1. The van der Waals surface area contributed by atoms with E-state index >= 15 is 0 Å². The SMILES string of the molecule is CC(C)CC(N)C(=O)NC(C(=O)NC(Cc1cnc[nH]1)C(=O)NC(C)C(=O)O)C(C)C. The number of carbonyl (C=O) groups excluding carboxylic acids is 3. The molecule has 3 amide bonds. The molecule has 0 saturated heterocycles. The number of nitrogens with one attached hydrogen (secondary N) is 4. The number of aromatic nitrogens is 2. The first kappa shape index (κ1) is 26.1. The molecule has 0 spiro atoms. The molecule has 11 heteroatoms. The first-order valence-corrected chi connectivity index (χ1v) is 10.3. The quantitative estimate of drug-likeness (QED) is 0.255. The third-order valence-electron chi connectivity index (χ3n) is 4.65. The lowest BCUT2D eigenvalue weighted by atomic mass is 10.00. The highest BCUT2D eigenvalue weighted by Crippen LogP contribution is 2.08. The molecule has 31 heavy (non-hydrogen) atoms. The van der Waals surface area contributed by atoms with Gasteiger partial charge in [0.15, 0.2) is 0 Å². The lowest BCUT2D eigenvalue weighted by Crippen LogP contribution is -2.58. The smallest absolute Gasteiger partial charge is 0.325 e. The topological polar surface area (TPSA) is 179 Å². The number of amides is 3. The average Bonchev–Trinajstić information content (AvgIpc) is 3.17. The summed E-state index contributed by atoms with van der Waals surface area (Å²) < 4.78 is 0. The minimum atomic E-state index is -1.20. The normalized spacial score (nSPS) is 15.1. The van der Waals surface area contributed by atoms with Gasteiger partial charge in [-0.25, -0.2) is 4.98 Å². The molecule has 1 aromatic rings. The number of hydrogen-bond acceptors (Lipinski definition) is 6. The second-order valence-corrected chi connectivity index (χ2v) is 8.38. The van der Waals surface area contributed by atoms with E-state index in [0.29, 0.717) is 12.1 Å². The first-order chi connectivity index (χ1) is 14.4. The summed E-state index contributed by atoms with van der Waals surface area (Å²) in [5.74, 6) is -2.94. The number of imidazole rings is 1. The Morgan fingerprint density at radius 3 is 2.16 bits per heavy atom. The Hall–Kier alpha value is -2.95. The van der Waals surface area contributed by atoms with Gasteiger partial charge in [-0.1, -0.05) is 27.7 Å². The molecule has 1 rings (SSSR count). The number of aliphatic carboxylic acids is 1. The van der Waals surface area contributed by atoms with Gasteiger partial charge in [-0.05, 0) is 25.2 Å². The highest BCUT2D eigenvalue weighted by Gasteiger charge is 2.31. The minimum absolute atomic E-state index is 0.0650. The number of nitrogens with zero attached hydrogens (tertiary/aromatic N) is 1. The molecule has 7 N–H and O–H groups in total. The Kier molecular flexibility index (Phi) is 10.1. The molecule has 0 aliphatic heterocycles. The Morgan fingerprint density at radius 1 is 1.03 bits per heavy atom. The van der Waals surface area contributed by atoms with Crippen molar-refractivity contribution in [2.24, 2.45) is 17.6 Å². The maximum absolute atomic E-state index is 12.9. The molecule has 0 aliphatic carbocycles. The van der Waals surface area contributed by atoms with Crippen LogP contribution in [0.5, 0.6) is 0 Å². The molecule has 4 unspecified atom stereocenters. The van der Waals surface area contributed by atoms with Crippen LogP contribution >= 0.6 is 0 Å². The van der Waals surface area contributed by atoms with E-state index < -0.39 is 47.9 Å². The average molecular weight is 439 g/mol. The molecule has 0 fully saturated rings. The van der Waals surface area contributed by atoms with Crippen LogP contribution in [-0.4, -0.2) is 62.9 Å². The Labute approximate surface area is 181 Å². The number of aromatic amines is 1. The zero-order valence-corrected chi connectivity index (χ0v) is 18.6. The van der Waals surface area contributed by atoms with Gasteiger partial charge in [-0.2, -0.15) is 0 Å². The van der Waals surface area contributed by atoms with Crippen molar-refractivity contribution < 1.29 is 24.3 Å². The predicted molar refractivity (Wildman–Crippen MR) is 114 cm³/mol. The molecule has 0 aliphatic rings. The van der Waals surface area contributed by atoms with Gasteiger partial charge in [0.1, 0.15) is 18.1 Å². The van der Waals surface area contributed by atoms with Crippen molar-refractivity contribution in [3.05, 3.63) is 18.2 Å². The molecule has 1 aromatic heterocycles. The van der Waals surface area contributed by atoms with Crippen molar-refractivity contribution in [1.82, 2.24) is 25.9 Å². The number of nitrogens with two attached hydrogens (primary N) is 1. The van der Waals surface area contributed by atoms with Crippen LogP contribution in [0.1, 0.15) is 46.7 Å². The summed E-state index contributed by atoms with van der Waals surface area (Å²) in [6.45, 7) is 8.72. The van der Waals surface area contributed by atoms with E-state index in [2.05, 4.69) is 25.9 Å². The van der Waals surface area contributed by atoms with Gasteiger partial charge in [-0.15, -0.1) is 0 Å². The fourth-order valence-corrected chi connectivity index (χ4v) is 2.87. The van der Waals surface area contributed by atoms with Crippen LogP contribution in [0.2, 0.25) is 0 Å². The Balaban J connectivity index is 2.94. The van der Waals surface area contributed by atoms with Crippen molar-refractivity contribution >= 4 is 23.7 Å². The number of rotatable bonds is 12. The van der Waals surface area contributed by atoms with Crippen molar-refractivity contribution in [1.29, 1.82) is 0 Å². The van der Waals surface area contributed by atoms with E-state index in [1.807, 2.05) is 13.8 Å². The third-order valence-corrected chi connectivity index (χ3v) is 4.65. The van der Waals surface area contributed by atoms with Crippen LogP contribution in [0.15, 0.2) is 12.5 Å². The molecule has 1 heterocycles. The highest BCUT2D eigenvalue weighted by molar-refractivity contribution is 5.94. The molecule has 0 saturated carbocycles. The summed E-state index contributed by atoms with van der Waals surface area (Å²) in [4.78, 5) is 55.8. The Morgan fingerprint density at radius 2 is 1.68 bits per heavy atom. The predicted octanol–water partition coefficient (Wildman–Crippen LogP) is -0.459. The van der Waals surface area contributed by atoms with Crippen LogP contribution in [0.3, 0.4) is 0 Å². The summed E-state index contributed by atoms with van der Waals surface area (Å²) in [5.41, 5.74) is 6.49. The second-order valence-electron chi connectivity index (χ2n) is 8.38. The minimum Gasteiger partial charge on any atom is -0.480 e. The summed E-state index contributed by atoms with van der Waals surface area (Å²) in [6.07, 6.45) is 3.46. The summed E-state index contributed by atoms with van der Waals surface area (Å²) >= 11 is 0. The fourth-order valence-electron chi connectivity index (χ4n) is 2.87. The lowest BCUT2D eigenvalue weighted by molar-refractivity contribution is -0.141. The maximum atomic E-state index is 12.9. The summed E-state index contributed by atoms with van der Waals surface area (Å²) in [5, 5.41) is 16.7. The van der Waals surface area contributed by atoms with E-state index in [-0.39, 0.29) is 18.3 Å². The zero-order chi connectivity index (χ0) is 23.7. The molecule has 0 aromatic carbocycles. The molecular formula is C20H34N6O5. The third kappa shape index (κ3) is 8.75. The number of hydrogen-bond donors (Lipinski definition) is 6. The van der Waals surface area contributed by atoms with Crippen molar-refractivity contribution in [2.75, 3.05) is 0 Å². The van der Waals surface area contributed by atoms with Crippen LogP contribution in [0, 0.1) is 11.8 Å². The van der Waals surface area contributed by atoms with Gasteiger partial charge in [0.2, 0.25) is 17.7 Å². The number of carboxylic acids is 1. The van der Waals surface area contributed by atoms with E-state index in [1.54, 1.807) is 13.8 Å². The summed E-state index contributed by atoms with van der Waals surface area (Å²) in [6, 6.07) is -3.88. The standard InChI is InChI=1S/C20H34N6O5/c1-10(2)6-14(21)17(27)26-16(11(3)4)19(29)25-15(7-13-8-22-9-23-13)18(28)24-12(5)20(30)31/h8-12,14-16H,6-7,21H2,1-5H3,(H,22,23)(H,24,28)(H,25,29)(H,26,27)(H,30,31). The molecule has 4 atom stereocenters. The maximum Gasteiger partial charge on any atom is 0.325 e. The van der Waals surface area contributed by atoms with Gasteiger partial charge in [0.05, 0.1) is 12.4 Å². The molecule has 174 valence electrons. The van der Waals surface area contributed by atoms with Crippen molar-refractivity contribution in [3.63, 3.8) is 0 Å². The van der Waals surface area contributed by atoms with Gasteiger partial charge >= 0.3 is 5.97 Å². The molecule has 11 nitrogen and oxygen atoms in total. The lowest BCUT2D eigenvalue weighted by Gasteiger charge is -2.26. The van der Waals surface area contributed by atoms with E-state index in [9.17, 15) is 19.2 Å².